The molecule has 4 heterocycles. The Morgan fingerprint density at radius 3 is 2.64 bits per heavy atom. The lowest BCUT2D eigenvalue weighted by atomic mass is 10.1. The second-order valence-corrected chi connectivity index (χ2v) is 8.76. The van der Waals surface area contributed by atoms with Gasteiger partial charge < -0.3 is 15.2 Å². The summed E-state index contributed by atoms with van der Waals surface area (Å²) in [5.41, 5.74) is 6.48. The number of rotatable bonds is 2. The van der Waals surface area contributed by atoms with Crippen LogP contribution in [0.15, 0.2) is 12.1 Å². The van der Waals surface area contributed by atoms with Crippen LogP contribution in [0.5, 0.6) is 11.5 Å². The summed E-state index contributed by atoms with van der Waals surface area (Å²) in [5, 5.41) is 4.84. The molecule has 0 bridgehead atoms. The predicted molar refractivity (Wildman–Crippen MR) is 101 cm³/mol. The van der Waals surface area contributed by atoms with Gasteiger partial charge in [0.2, 0.25) is 5.95 Å². The Hall–Kier alpha value is -2.09. The molecule has 1 saturated heterocycles. The number of ether oxygens (including phenoxy) is 2. The molecule has 0 radical (unpaired) electrons. The minimum atomic E-state index is -3.75. The summed E-state index contributed by atoms with van der Waals surface area (Å²) in [7, 11) is 0. The highest BCUT2D eigenvalue weighted by molar-refractivity contribution is 14.1. The molecule has 2 aromatic heterocycles. The molecule has 5 rings (SSSR count). The summed E-state index contributed by atoms with van der Waals surface area (Å²) in [6, 6.07) is 2.93. The first-order chi connectivity index (χ1) is 13.2. The van der Waals surface area contributed by atoms with Crippen molar-refractivity contribution in [2.24, 2.45) is 0 Å². The largest absolute Gasteiger partial charge is 0.586 e. The first-order valence-electron chi connectivity index (χ1n) is 8.55. The number of nitrogen functional groups attached to an aromatic ring is 1. The van der Waals surface area contributed by atoms with E-state index in [9.17, 15) is 13.2 Å². The van der Waals surface area contributed by atoms with E-state index in [0.29, 0.717) is 49.3 Å². The van der Waals surface area contributed by atoms with Gasteiger partial charge in [-0.1, -0.05) is 0 Å². The van der Waals surface area contributed by atoms with E-state index in [1.165, 1.54) is 10.6 Å². The van der Waals surface area contributed by atoms with Crippen LogP contribution in [0, 0.1) is 0 Å². The van der Waals surface area contributed by atoms with Gasteiger partial charge in [0.05, 0.1) is 6.54 Å². The molecule has 0 aliphatic carbocycles. The van der Waals surface area contributed by atoms with Crippen LogP contribution in [-0.4, -0.2) is 47.5 Å². The third-order valence-corrected chi connectivity index (χ3v) is 5.91. The van der Waals surface area contributed by atoms with E-state index >= 15 is 0 Å². The highest BCUT2D eigenvalue weighted by atomic mass is 127. The summed E-state index contributed by atoms with van der Waals surface area (Å²) >= 11 is 1.84. The van der Waals surface area contributed by atoms with E-state index in [0.717, 1.165) is 0 Å². The van der Waals surface area contributed by atoms with Gasteiger partial charge >= 0.3 is 6.29 Å². The number of likely N-dealkylation sites (tertiary alicyclic amines) is 1. The molecule has 28 heavy (non-hydrogen) atoms. The fraction of sp³-hybridized carbons (Fsp3) is 0.438. The standard InChI is InChI=1S/C16H14F3IN6O2/c17-15(20)3-5-25(6-4-15)7-10-22-13-8-1-2-9-12(28-16(18,19)27-9)11(8)23-14(21)26(13)24-10/h1-2H,3-7H2,(H2,21,23). The van der Waals surface area contributed by atoms with Crippen molar-refractivity contribution in [3.8, 4) is 11.5 Å². The van der Waals surface area contributed by atoms with Gasteiger partial charge in [0, 0.05) is 31.3 Å². The van der Waals surface area contributed by atoms with Crippen molar-refractivity contribution in [1.29, 1.82) is 0 Å². The SMILES string of the molecule is Nc1nc2c3c(ccc2c2nc(CN4CCC(F)(I)CC4)nn12)OC(F)(F)O3. The lowest BCUT2D eigenvalue weighted by molar-refractivity contribution is -0.286. The minimum absolute atomic E-state index is 0.0119. The molecule has 1 aromatic carbocycles. The van der Waals surface area contributed by atoms with Crippen LogP contribution >= 0.6 is 22.6 Å². The van der Waals surface area contributed by atoms with Crippen molar-refractivity contribution in [2.45, 2.75) is 29.4 Å². The van der Waals surface area contributed by atoms with Gasteiger partial charge in [0.1, 0.15) is 5.52 Å². The molecule has 8 nitrogen and oxygen atoms in total. The number of hydrogen-bond acceptors (Lipinski definition) is 7. The number of halogens is 4. The first kappa shape index (κ1) is 18.0. The Labute approximate surface area is 169 Å². The Morgan fingerprint density at radius 2 is 1.89 bits per heavy atom. The van der Waals surface area contributed by atoms with E-state index < -0.39 is 9.97 Å². The molecule has 148 valence electrons. The van der Waals surface area contributed by atoms with E-state index in [1.807, 2.05) is 22.6 Å². The number of piperidine rings is 1. The van der Waals surface area contributed by atoms with Crippen LogP contribution in [0.2, 0.25) is 0 Å². The topological polar surface area (TPSA) is 90.8 Å². The average molecular weight is 506 g/mol. The predicted octanol–water partition coefficient (Wildman–Crippen LogP) is 2.88. The van der Waals surface area contributed by atoms with Crippen LogP contribution in [0.4, 0.5) is 19.1 Å². The van der Waals surface area contributed by atoms with E-state index in [1.54, 1.807) is 6.07 Å². The van der Waals surface area contributed by atoms with E-state index in [-0.39, 0.29) is 23.0 Å². The molecule has 3 aromatic rings. The number of hydrogen-bond donors (Lipinski definition) is 1. The molecule has 2 N–H and O–H groups in total. The summed E-state index contributed by atoms with van der Waals surface area (Å²) < 4.78 is 50.1. The summed E-state index contributed by atoms with van der Waals surface area (Å²) in [6.45, 7) is 1.62. The summed E-state index contributed by atoms with van der Waals surface area (Å²) in [6.07, 6.45) is -2.88. The lowest BCUT2D eigenvalue weighted by Gasteiger charge is -2.32. The summed E-state index contributed by atoms with van der Waals surface area (Å²) in [4.78, 5) is 10.7. The molecule has 1 fully saturated rings. The fourth-order valence-electron chi connectivity index (χ4n) is 3.45. The molecule has 0 atom stereocenters. The van der Waals surface area contributed by atoms with Crippen molar-refractivity contribution in [1.82, 2.24) is 24.5 Å². The Bertz CT molecular complexity index is 1100. The zero-order valence-corrected chi connectivity index (χ0v) is 16.5. The quantitative estimate of drug-likeness (QED) is 0.423. The monoisotopic (exact) mass is 506 g/mol. The van der Waals surface area contributed by atoms with Gasteiger partial charge in [-0.2, -0.15) is 4.52 Å². The molecular weight excluding hydrogens is 492 g/mol. The van der Waals surface area contributed by atoms with Crippen molar-refractivity contribution in [3.63, 3.8) is 0 Å². The third-order valence-electron chi connectivity index (χ3n) is 4.83. The highest BCUT2D eigenvalue weighted by Gasteiger charge is 2.45. The zero-order chi connectivity index (χ0) is 19.7. The van der Waals surface area contributed by atoms with Gasteiger partial charge in [0.15, 0.2) is 26.6 Å². The van der Waals surface area contributed by atoms with Gasteiger partial charge in [-0.05, 0) is 34.7 Å². The van der Waals surface area contributed by atoms with Gasteiger partial charge in [-0.3, -0.25) is 4.90 Å². The van der Waals surface area contributed by atoms with E-state index in [4.69, 9.17) is 5.73 Å². The van der Waals surface area contributed by atoms with Crippen LogP contribution in [0.25, 0.3) is 16.6 Å². The molecule has 0 saturated carbocycles. The molecule has 0 spiro atoms. The molecule has 0 amide bonds. The molecule has 12 heteroatoms. The number of anilines is 1. The Morgan fingerprint density at radius 1 is 1.14 bits per heavy atom. The normalized spacial score (nSPS) is 20.9. The van der Waals surface area contributed by atoms with Crippen LogP contribution in [0.1, 0.15) is 18.7 Å². The zero-order valence-electron chi connectivity index (χ0n) is 14.3. The second kappa shape index (κ2) is 5.95. The second-order valence-electron chi connectivity index (χ2n) is 6.82. The Kier molecular flexibility index (Phi) is 3.82. The minimum Gasteiger partial charge on any atom is -0.395 e. The molecule has 2 aliphatic rings. The number of aromatic nitrogens is 4. The van der Waals surface area contributed by atoms with Crippen LogP contribution in [0.3, 0.4) is 0 Å². The maximum atomic E-state index is 14.0. The number of benzene rings is 1. The molecule has 2 aliphatic heterocycles. The van der Waals surface area contributed by atoms with Crippen LogP contribution < -0.4 is 15.2 Å². The van der Waals surface area contributed by atoms with Crippen molar-refractivity contribution in [2.75, 3.05) is 18.8 Å². The number of alkyl halides is 4. The first-order valence-corrected chi connectivity index (χ1v) is 9.63. The Balaban J connectivity index is 1.53. The van der Waals surface area contributed by atoms with Crippen molar-refractivity contribution in [3.05, 3.63) is 18.0 Å². The highest BCUT2D eigenvalue weighted by Crippen LogP contribution is 2.45. The smallest absolute Gasteiger partial charge is 0.395 e. The summed E-state index contributed by atoms with van der Waals surface area (Å²) in [5.74, 6) is 0.180. The fourth-order valence-corrected chi connectivity index (χ4v) is 3.93. The lowest BCUT2D eigenvalue weighted by Crippen LogP contribution is -2.38. The van der Waals surface area contributed by atoms with Gasteiger partial charge in [-0.25, -0.2) is 14.4 Å². The number of fused-ring (bicyclic) bond motifs is 5. The maximum absolute atomic E-state index is 14.0. The maximum Gasteiger partial charge on any atom is 0.586 e. The third kappa shape index (κ3) is 2.98. The molecular formula is C16H14F3IN6O2. The van der Waals surface area contributed by atoms with Gasteiger partial charge in [-0.15, -0.1) is 13.9 Å². The van der Waals surface area contributed by atoms with Gasteiger partial charge in [0.25, 0.3) is 0 Å². The average Bonchev–Trinajstić information content (AvgIpc) is 3.17. The van der Waals surface area contributed by atoms with Crippen molar-refractivity contribution < 1.29 is 22.6 Å². The van der Waals surface area contributed by atoms with Crippen molar-refractivity contribution >= 4 is 45.1 Å². The molecule has 0 unspecified atom stereocenters. The number of nitrogens with two attached hydrogens (primary N) is 1. The van der Waals surface area contributed by atoms with Crippen LogP contribution in [-0.2, 0) is 6.54 Å². The van der Waals surface area contributed by atoms with E-state index in [2.05, 4.69) is 29.4 Å². The number of nitrogens with zero attached hydrogens (tertiary/aromatic N) is 5.